The van der Waals surface area contributed by atoms with E-state index >= 15 is 0 Å². The van der Waals surface area contributed by atoms with E-state index < -0.39 is 10.0 Å². The predicted octanol–water partition coefficient (Wildman–Crippen LogP) is 4.22. The first-order chi connectivity index (χ1) is 14.1. The molecule has 0 aliphatic carbocycles. The van der Waals surface area contributed by atoms with Crippen molar-refractivity contribution in [3.8, 4) is 11.3 Å². The van der Waals surface area contributed by atoms with Gasteiger partial charge in [-0.3, -0.25) is 14.4 Å². The SMILES string of the molecule is Cc1sc(NC(=O)c2ccc3c(c2)C[C@@H](C)N3S(C)(=O)=O)nc1-c1ccc(F)cc1. The van der Waals surface area contributed by atoms with Gasteiger partial charge in [0.2, 0.25) is 10.0 Å². The summed E-state index contributed by atoms with van der Waals surface area (Å²) >= 11 is 1.34. The fraction of sp³-hybridized carbons (Fsp3) is 0.238. The number of fused-ring (bicyclic) bond motifs is 1. The zero-order valence-corrected chi connectivity index (χ0v) is 18.3. The average Bonchev–Trinajstić information content (AvgIpc) is 3.19. The Labute approximate surface area is 178 Å². The highest BCUT2D eigenvalue weighted by Crippen LogP contribution is 2.35. The van der Waals surface area contributed by atoms with E-state index in [0.717, 1.165) is 16.0 Å². The smallest absolute Gasteiger partial charge is 0.257 e. The minimum absolute atomic E-state index is 0.187. The first-order valence-electron chi connectivity index (χ1n) is 9.30. The maximum atomic E-state index is 13.2. The Kier molecular flexibility index (Phi) is 5.11. The number of hydrogen-bond acceptors (Lipinski definition) is 5. The Morgan fingerprint density at radius 2 is 1.93 bits per heavy atom. The molecule has 9 heteroatoms. The summed E-state index contributed by atoms with van der Waals surface area (Å²) in [7, 11) is -3.38. The number of hydrogen-bond donors (Lipinski definition) is 1. The summed E-state index contributed by atoms with van der Waals surface area (Å²) in [5.74, 6) is -0.636. The second-order valence-corrected chi connectivity index (χ2v) is 10.4. The summed E-state index contributed by atoms with van der Waals surface area (Å²) < 4.78 is 38.7. The molecule has 0 unspecified atom stereocenters. The van der Waals surface area contributed by atoms with Crippen LogP contribution >= 0.6 is 11.3 Å². The molecule has 0 radical (unpaired) electrons. The number of aromatic nitrogens is 1. The van der Waals surface area contributed by atoms with Crippen molar-refractivity contribution in [3.05, 3.63) is 64.3 Å². The van der Waals surface area contributed by atoms with Gasteiger partial charge in [0, 0.05) is 22.0 Å². The molecule has 1 aromatic heterocycles. The van der Waals surface area contributed by atoms with E-state index in [1.165, 1.54) is 34.0 Å². The third kappa shape index (κ3) is 3.82. The quantitative estimate of drug-likeness (QED) is 0.652. The van der Waals surface area contributed by atoms with E-state index in [-0.39, 0.29) is 17.8 Å². The number of nitrogens with one attached hydrogen (secondary N) is 1. The highest BCUT2D eigenvalue weighted by Gasteiger charge is 2.32. The molecule has 1 amide bonds. The number of thiazole rings is 1. The molecule has 4 rings (SSSR count). The highest BCUT2D eigenvalue weighted by molar-refractivity contribution is 7.92. The van der Waals surface area contributed by atoms with Gasteiger partial charge >= 0.3 is 0 Å². The number of amides is 1. The van der Waals surface area contributed by atoms with Gasteiger partial charge in [-0.05, 0) is 68.3 Å². The maximum absolute atomic E-state index is 13.2. The molecular weight excluding hydrogens is 425 g/mol. The summed E-state index contributed by atoms with van der Waals surface area (Å²) in [5.41, 5.74) is 3.35. The van der Waals surface area contributed by atoms with Gasteiger partial charge in [0.15, 0.2) is 5.13 Å². The molecule has 156 valence electrons. The van der Waals surface area contributed by atoms with E-state index in [9.17, 15) is 17.6 Å². The van der Waals surface area contributed by atoms with Crippen LogP contribution in [0.5, 0.6) is 0 Å². The number of carbonyl (C=O) groups excluding carboxylic acids is 1. The Bertz CT molecular complexity index is 1240. The molecule has 1 aliphatic heterocycles. The molecule has 3 aromatic rings. The van der Waals surface area contributed by atoms with Crippen LogP contribution in [0.3, 0.4) is 0 Å². The molecule has 1 atom stereocenters. The fourth-order valence-electron chi connectivity index (χ4n) is 3.74. The third-order valence-corrected chi connectivity index (χ3v) is 7.14. The standard InChI is InChI=1S/C21H20FN3O3S2/c1-12-10-16-11-15(6-9-18(16)25(12)30(3,27)28)20(26)24-21-23-19(13(2)29-21)14-4-7-17(22)8-5-14/h4-9,11-12H,10H2,1-3H3,(H,23,24,26)/t12-/m1/s1. The lowest BCUT2D eigenvalue weighted by molar-refractivity contribution is 0.102. The van der Waals surface area contributed by atoms with Crippen molar-refractivity contribution in [1.29, 1.82) is 0 Å². The van der Waals surface area contributed by atoms with E-state index in [4.69, 9.17) is 0 Å². The van der Waals surface area contributed by atoms with Gasteiger partial charge in [-0.1, -0.05) is 0 Å². The van der Waals surface area contributed by atoms with Crippen LogP contribution in [0.25, 0.3) is 11.3 Å². The van der Waals surface area contributed by atoms with Crippen LogP contribution in [0.15, 0.2) is 42.5 Å². The Morgan fingerprint density at radius 3 is 2.60 bits per heavy atom. The van der Waals surface area contributed by atoms with Crippen LogP contribution < -0.4 is 9.62 Å². The molecule has 0 saturated heterocycles. The van der Waals surface area contributed by atoms with Crippen molar-refractivity contribution in [1.82, 2.24) is 4.98 Å². The van der Waals surface area contributed by atoms with Crippen molar-refractivity contribution in [2.24, 2.45) is 0 Å². The number of carbonyl (C=O) groups is 1. The number of nitrogens with zero attached hydrogens (tertiary/aromatic N) is 2. The second kappa shape index (κ2) is 7.48. The minimum Gasteiger partial charge on any atom is -0.298 e. The lowest BCUT2D eigenvalue weighted by Crippen LogP contribution is -2.34. The molecule has 2 heterocycles. The van der Waals surface area contributed by atoms with E-state index in [2.05, 4.69) is 10.3 Å². The van der Waals surface area contributed by atoms with Crippen molar-refractivity contribution >= 4 is 38.1 Å². The number of halogens is 1. The number of benzene rings is 2. The van der Waals surface area contributed by atoms with Crippen molar-refractivity contribution < 1.29 is 17.6 Å². The molecule has 0 saturated carbocycles. The van der Waals surface area contributed by atoms with E-state index in [1.807, 2.05) is 13.8 Å². The molecule has 1 aliphatic rings. The van der Waals surface area contributed by atoms with Gasteiger partial charge in [0.1, 0.15) is 5.82 Å². The zero-order chi connectivity index (χ0) is 21.6. The summed E-state index contributed by atoms with van der Waals surface area (Å²) in [6, 6.07) is 10.9. The van der Waals surface area contributed by atoms with E-state index in [1.54, 1.807) is 30.3 Å². The average molecular weight is 446 g/mol. The lowest BCUT2D eigenvalue weighted by atomic mass is 10.1. The molecule has 0 spiro atoms. The van der Waals surface area contributed by atoms with Crippen molar-refractivity contribution in [2.75, 3.05) is 15.9 Å². The van der Waals surface area contributed by atoms with Crippen LogP contribution in [0.1, 0.15) is 27.7 Å². The minimum atomic E-state index is -3.38. The second-order valence-electron chi connectivity index (χ2n) is 7.34. The van der Waals surface area contributed by atoms with Crippen LogP contribution in [0.2, 0.25) is 0 Å². The molecule has 2 aromatic carbocycles. The van der Waals surface area contributed by atoms with Crippen LogP contribution in [-0.2, 0) is 16.4 Å². The molecular formula is C21H20FN3O3S2. The zero-order valence-electron chi connectivity index (χ0n) is 16.6. The Balaban J connectivity index is 1.57. The predicted molar refractivity (Wildman–Crippen MR) is 117 cm³/mol. The normalized spacial score (nSPS) is 15.9. The van der Waals surface area contributed by atoms with Gasteiger partial charge in [-0.25, -0.2) is 17.8 Å². The van der Waals surface area contributed by atoms with Gasteiger partial charge in [-0.2, -0.15) is 0 Å². The molecule has 0 bridgehead atoms. The van der Waals surface area contributed by atoms with Crippen LogP contribution in [-0.4, -0.2) is 31.6 Å². The number of anilines is 2. The van der Waals surface area contributed by atoms with Gasteiger partial charge in [0.05, 0.1) is 17.6 Å². The van der Waals surface area contributed by atoms with Crippen molar-refractivity contribution in [3.63, 3.8) is 0 Å². The number of rotatable bonds is 4. The summed E-state index contributed by atoms with van der Waals surface area (Å²) in [6.45, 7) is 3.73. The molecule has 1 N–H and O–H groups in total. The summed E-state index contributed by atoms with van der Waals surface area (Å²) in [4.78, 5) is 18.1. The first kappa shape index (κ1) is 20.5. The van der Waals surface area contributed by atoms with Crippen LogP contribution in [0, 0.1) is 12.7 Å². The summed E-state index contributed by atoms with van der Waals surface area (Å²) in [6.07, 6.45) is 1.73. The highest BCUT2D eigenvalue weighted by atomic mass is 32.2. The Morgan fingerprint density at radius 1 is 1.23 bits per heavy atom. The maximum Gasteiger partial charge on any atom is 0.257 e. The van der Waals surface area contributed by atoms with Gasteiger partial charge < -0.3 is 0 Å². The van der Waals surface area contributed by atoms with Gasteiger partial charge in [-0.15, -0.1) is 11.3 Å². The summed E-state index contributed by atoms with van der Waals surface area (Å²) in [5, 5.41) is 3.25. The number of sulfonamides is 1. The van der Waals surface area contributed by atoms with Crippen LogP contribution in [0.4, 0.5) is 15.2 Å². The molecule has 6 nitrogen and oxygen atoms in total. The fourth-order valence-corrected chi connectivity index (χ4v) is 5.84. The lowest BCUT2D eigenvalue weighted by Gasteiger charge is -2.21. The van der Waals surface area contributed by atoms with Crippen molar-refractivity contribution in [2.45, 2.75) is 26.3 Å². The van der Waals surface area contributed by atoms with E-state index in [0.29, 0.717) is 28.5 Å². The molecule has 30 heavy (non-hydrogen) atoms. The number of aryl methyl sites for hydroxylation is 1. The van der Waals surface area contributed by atoms with Gasteiger partial charge in [0.25, 0.3) is 5.91 Å². The first-order valence-corrected chi connectivity index (χ1v) is 12.0. The monoisotopic (exact) mass is 445 g/mol. The Hall–Kier alpha value is -2.78. The molecule has 0 fully saturated rings. The topological polar surface area (TPSA) is 79.4 Å². The largest absolute Gasteiger partial charge is 0.298 e. The third-order valence-electron chi connectivity index (χ3n) is 4.99.